The van der Waals surface area contributed by atoms with Crippen molar-refractivity contribution in [3.63, 3.8) is 0 Å². The van der Waals surface area contributed by atoms with Crippen molar-refractivity contribution in [1.29, 1.82) is 0 Å². The van der Waals surface area contributed by atoms with Gasteiger partial charge in [0.1, 0.15) is 10.0 Å². The number of pyridine rings is 1. The van der Waals surface area contributed by atoms with Gasteiger partial charge in [-0.3, -0.25) is 4.79 Å². The first kappa shape index (κ1) is 22.9. The molecule has 1 aliphatic carbocycles. The number of methoxy groups -OCH3 is 1. The molecule has 1 saturated heterocycles. The van der Waals surface area contributed by atoms with E-state index in [2.05, 4.69) is 44.1 Å². The van der Waals surface area contributed by atoms with Gasteiger partial charge in [0.25, 0.3) is 5.91 Å². The lowest BCUT2D eigenvalue weighted by Crippen LogP contribution is -2.45. The van der Waals surface area contributed by atoms with Crippen LogP contribution in [0.15, 0.2) is 52.6 Å². The monoisotopic (exact) mass is 496 g/mol. The highest BCUT2D eigenvalue weighted by Crippen LogP contribution is 2.51. The molecule has 0 saturated carbocycles. The number of carbonyl (C=O) groups is 1. The zero-order chi connectivity index (χ0) is 23.9. The lowest BCUT2D eigenvalue weighted by molar-refractivity contribution is 0.0994. The molecule has 0 radical (unpaired) electrons. The lowest BCUT2D eigenvalue weighted by atomic mass is 9.73. The summed E-state index contributed by atoms with van der Waals surface area (Å²) in [5, 5.41) is 0.881. The van der Waals surface area contributed by atoms with Crippen LogP contribution in [0.3, 0.4) is 0 Å². The van der Waals surface area contributed by atoms with E-state index in [4.69, 9.17) is 27.8 Å². The summed E-state index contributed by atoms with van der Waals surface area (Å²) in [6, 6.07) is 10.2. The normalized spacial score (nSPS) is 18.7. The third-order valence-corrected chi connectivity index (χ3v) is 8.29. The summed E-state index contributed by atoms with van der Waals surface area (Å²) >= 11 is 7.62. The number of anilines is 1. The molecule has 10 heteroatoms. The Morgan fingerprint density at radius 3 is 2.71 bits per heavy atom. The van der Waals surface area contributed by atoms with Crippen LogP contribution in [0.4, 0.5) is 5.82 Å². The number of hydrogen-bond acceptors (Lipinski definition) is 8. The van der Waals surface area contributed by atoms with Crippen LogP contribution in [0.5, 0.6) is 5.88 Å². The van der Waals surface area contributed by atoms with Gasteiger partial charge in [-0.25, -0.2) is 15.0 Å². The quantitative estimate of drug-likeness (QED) is 0.549. The van der Waals surface area contributed by atoms with E-state index in [-0.39, 0.29) is 17.2 Å². The Balaban J connectivity index is 1.36. The average Bonchev–Trinajstić information content (AvgIpc) is 3.12. The van der Waals surface area contributed by atoms with Gasteiger partial charge in [0.15, 0.2) is 11.5 Å². The van der Waals surface area contributed by atoms with Gasteiger partial charge in [-0.1, -0.05) is 47.6 Å². The fourth-order valence-corrected chi connectivity index (χ4v) is 6.10. The van der Waals surface area contributed by atoms with E-state index in [0.29, 0.717) is 26.6 Å². The number of benzene rings is 1. The van der Waals surface area contributed by atoms with Crippen LogP contribution in [0.2, 0.25) is 5.02 Å². The van der Waals surface area contributed by atoms with Gasteiger partial charge in [-0.15, -0.1) is 0 Å². The smallest absolute Gasteiger partial charge is 0.271 e. The Bertz CT molecular complexity index is 1250. The summed E-state index contributed by atoms with van der Waals surface area (Å²) < 4.78 is 5.17. The summed E-state index contributed by atoms with van der Waals surface area (Å²) in [4.78, 5) is 28.3. The van der Waals surface area contributed by atoms with E-state index in [1.807, 2.05) is 0 Å². The maximum absolute atomic E-state index is 12.3. The number of aromatic nitrogens is 3. The Morgan fingerprint density at radius 1 is 1.24 bits per heavy atom. The molecule has 1 spiro atoms. The van der Waals surface area contributed by atoms with Crippen molar-refractivity contribution in [2.24, 2.45) is 16.9 Å². The first-order valence-electron chi connectivity index (χ1n) is 11.0. The number of fused-ring (bicyclic) bond motifs is 1. The van der Waals surface area contributed by atoms with E-state index in [0.717, 1.165) is 32.4 Å². The molecule has 34 heavy (non-hydrogen) atoms. The second kappa shape index (κ2) is 9.05. The third-order valence-electron chi connectivity index (χ3n) is 6.85. The van der Waals surface area contributed by atoms with Gasteiger partial charge in [0.2, 0.25) is 5.88 Å². The van der Waals surface area contributed by atoms with Gasteiger partial charge in [-0.2, -0.15) is 0 Å². The molecule has 3 heterocycles. The first-order chi connectivity index (χ1) is 16.4. The highest BCUT2D eigenvalue weighted by molar-refractivity contribution is 7.99. The Labute approximate surface area is 207 Å². The third kappa shape index (κ3) is 3.97. The minimum atomic E-state index is -0.617. The Hall–Kier alpha value is -2.88. The lowest BCUT2D eigenvalue weighted by Gasteiger charge is -2.42. The summed E-state index contributed by atoms with van der Waals surface area (Å²) in [6.07, 6.45) is 6.03. The zero-order valence-electron chi connectivity index (χ0n) is 18.7. The van der Waals surface area contributed by atoms with Crippen LogP contribution in [-0.4, -0.2) is 41.1 Å². The van der Waals surface area contributed by atoms with E-state index in [1.165, 1.54) is 30.0 Å². The summed E-state index contributed by atoms with van der Waals surface area (Å²) in [7, 11) is 1.50. The topological polar surface area (TPSA) is 120 Å². The first-order valence-corrected chi connectivity index (χ1v) is 12.2. The standard InChI is InChI=1S/C24H25ClN6O2S/c1-33-23-18(25)16(6-9-28-23)34-17-13-29-22(19(30-17)21(27)32)31-10-7-24(8-11-31)12-14-4-2-3-5-15(14)20(24)26/h2-6,9,13,20H,7-8,10-12,26H2,1H3,(H2,27,32)/t20-/m1/s1. The van der Waals surface area contributed by atoms with E-state index in [9.17, 15) is 4.79 Å². The van der Waals surface area contributed by atoms with Gasteiger partial charge < -0.3 is 21.1 Å². The Morgan fingerprint density at radius 2 is 2.00 bits per heavy atom. The van der Waals surface area contributed by atoms with Crippen LogP contribution < -0.4 is 21.1 Å². The average molecular weight is 497 g/mol. The molecule has 4 N–H and O–H groups in total. The Kier molecular flexibility index (Phi) is 6.09. The summed E-state index contributed by atoms with van der Waals surface area (Å²) in [5.74, 6) is 0.212. The maximum Gasteiger partial charge on any atom is 0.271 e. The van der Waals surface area contributed by atoms with Crippen LogP contribution in [0, 0.1) is 5.41 Å². The van der Waals surface area contributed by atoms with E-state index < -0.39 is 5.91 Å². The van der Waals surface area contributed by atoms with Crippen LogP contribution in [0.25, 0.3) is 0 Å². The van der Waals surface area contributed by atoms with Crippen LogP contribution in [0.1, 0.15) is 40.5 Å². The van der Waals surface area contributed by atoms with Crippen LogP contribution >= 0.6 is 23.4 Å². The molecular weight excluding hydrogens is 472 g/mol. The van der Waals surface area contributed by atoms with Crippen molar-refractivity contribution in [2.75, 3.05) is 25.1 Å². The van der Waals surface area contributed by atoms with E-state index in [1.54, 1.807) is 18.5 Å². The molecule has 1 atom stereocenters. The molecule has 0 bridgehead atoms. The molecule has 5 rings (SSSR count). The van der Waals surface area contributed by atoms with Gasteiger partial charge in [0.05, 0.1) is 13.3 Å². The maximum atomic E-state index is 12.3. The number of rotatable bonds is 5. The fourth-order valence-electron chi connectivity index (χ4n) is 5.02. The highest BCUT2D eigenvalue weighted by atomic mass is 35.5. The fraction of sp³-hybridized carbons (Fsp3) is 0.333. The number of piperidine rings is 1. The molecule has 2 aliphatic rings. The van der Waals surface area contributed by atoms with E-state index >= 15 is 0 Å². The highest BCUT2D eigenvalue weighted by Gasteiger charge is 2.46. The number of carbonyl (C=O) groups excluding carboxylic acids is 1. The molecule has 176 valence electrons. The number of nitrogens with two attached hydrogens (primary N) is 2. The molecule has 8 nitrogen and oxygen atoms in total. The molecular formula is C24H25ClN6O2S. The number of primary amides is 1. The predicted molar refractivity (Wildman–Crippen MR) is 131 cm³/mol. The second-order valence-electron chi connectivity index (χ2n) is 8.68. The molecule has 2 aromatic heterocycles. The summed E-state index contributed by atoms with van der Waals surface area (Å²) in [5.41, 5.74) is 15.2. The van der Waals surface area contributed by atoms with Gasteiger partial charge >= 0.3 is 0 Å². The largest absolute Gasteiger partial charge is 0.480 e. The van der Waals surface area contributed by atoms with Gasteiger partial charge in [-0.05, 0) is 41.9 Å². The number of halogens is 1. The van der Waals surface area contributed by atoms with Crippen molar-refractivity contribution in [3.8, 4) is 5.88 Å². The number of nitrogens with zero attached hydrogens (tertiary/aromatic N) is 4. The van der Waals surface area contributed by atoms with Gasteiger partial charge in [0, 0.05) is 30.2 Å². The predicted octanol–water partition coefficient (Wildman–Crippen LogP) is 3.63. The zero-order valence-corrected chi connectivity index (χ0v) is 20.3. The SMILES string of the molecule is COc1nccc(Sc2cnc(N3CCC4(CC3)Cc3ccccc3[C@H]4N)c(C(N)=O)n2)c1Cl. The summed E-state index contributed by atoms with van der Waals surface area (Å²) in [6.45, 7) is 1.47. The molecule has 1 aromatic carbocycles. The van der Waals surface area contributed by atoms with Crippen molar-refractivity contribution in [1.82, 2.24) is 15.0 Å². The number of hydrogen-bond donors (Lipinski definition) is 2. The molecule has 1 amide bonds. The van der Waals surface area contributed by atoms with Crippen molar-refractivity contribution >= 4 is 35.1 Å². The molecule has 3 aromatic rings. The van der Waals surface area contributed by atoms with Crippen molar-refractivity contribution in [2.45, 2.75) is 35.2 Å². The van der Waals surface area contributed by atoms with Crippen molar-refractivity contribution < 1.29 is 9.53 Å². The molecule has 1 fully saturated rings. The minimum absolute atomic E-state index is 0.0217. The number of amides is 1. The minimum Gasteiger partial charge on any atom is -0.480 e. The second-order valence-corrected chi connectivity index (χ2v) is 10.1. The van der Waals surface area contributed by atoms with Crippen LogP contribution in [-0.2, 0) is 6.42 Å². The number of ether oxygens (including phenoxy) is 1. The molecule has 1 aliphatic heterocycles. The van der Waals surface area contributed by atoms with Crippen molar-refractivity contribution in [3.05, 3.63) is 64.6 Å². The molecule has 0 unspecified atom stereocenters.